The largest absolute Gasteiger partial charge is 0.507 e. The second-order valence-electron chi connectivity index (χ2n) is 7.92. The summed E-state index contributed by atoms with van der Waals surface area (Å²) >= 11 is 0. The van der Waals surface area contributed by atoms with Crippen molar-refractivity contribution in [2.45, 2.75) is 19.4 Å². The van der Waals surface area contributed by atoms with Crippen LogP contribution in [0.1, 0.15) is 33.5 Å². The molecule has 3 aromatic carbocycles. The van der Waals surface area contributed by atoms with Gasteiger partial charge in [0.25, 0.3) is 5.91 Å². The summed E-state index contributed by atoms with van der Waals surface area (Å²) in [6.45, 7) is 4.10. The number of nitrogens with zero attached hydrogens (tertiary/aromatic N) is 2. The van der Waals surface area contributed by atoms with Gasteiger partial charge < -0.3 is 10.0 Å². The molecule has 0 radical (unpaired) electrons. The van der Waals surface area contributed by atoms with E-state index < -0.39 is 0 Å². The Balaban J connectivity index is 1.43. The molecule has 1 heterocycles. The summed E-state index contributed by atoms with van der Waals surface area (Å²) in [4.78, 5) is 17.5. The SMILES string of the molecule is O=C(c1cc(Cc2ccccc2)ccc1O)N1CCCN(Cc2ccccc2)CC1. The van der Waals surface area contributed by atoms with Gasteiger partial charge in [-0.1, -0.05) is 66.7 Å². The van der Waals surface area contributed by atoms with Crippen LogP contribution in [-0.4, -0.2) is 47.0 Å². The van der Waals surface area contributed by atoms with Gasteiger partial charge in [0.15, 0.2) is 0 Å². The minimum atomic E-state index is -0.0797. The van der Waals surface area contributed by atoms with Gasteiger partial charge in [-0.05, 0) is 41.7 Å². The number of aromatic hydroxyl groups is 1. The maximum atomic E-state index is 13.2. The van der Waals surface area contributed by atoms with Gasteiger partial charge >= 0.3 is 0 Å². The van der Waals surface area contributed by atoms with Crippen LogP contribution in [0.2, 0.25) is 0 Å². The van der Waals surface area contributed by atoms with Gasteiger partial charge in [-0.3, -0.25) is 9.69 Å². The van der Waals surface area contributed by atoms with Crippen LogP contribution in [-0.2, 0) is 13.0 Å². The molecule has 1 amide bonds. The first-order valence-electron chi connectivity index (χ1n) is 10.6. The molecule has 4 heteroatoms. The summed E-state index contributed by atoms with van der Waals surface area (Å²) in [6.07, 6.45) is 1.68. The molecule has 0 aliphatic carbocycles. The molecule has 1 aliphatic rings. The van der Waals surface area contributed by atoms with E-state index in [1.807, 2.05) is 41.3 Å². The fourth-order valence-electron chi connectivity index (χ4n) is 4.04. The van der Waals surface area contributed by atoms with Crippen molar-refractivity contribution in [3.63, 3.8) is 0 Å². The Labute approximate surface area is 178 Å². The average Bonchev–Trinajstić information content (AvgIpc) is 3.02. The van der Waals surface area contributed by atoms with Gasteiger partial charge in [0, 0.05) is 32.7 Å². The molecule has 1 fully saturated rings. The summed E-state index contributed by atoms with van der Waals surface area (Å²) in [6, 6.07) is 26.0. The zero-order valence-corrected chi connectivity index (χ0v) is 17.2. The molecule has 4 rings (SSSR count). The third kappa shape index (κ3) is 5.08. The topological polar surface area (TPSA) is 43.8 Å². The lowest BCUT2D eigenvalue weighted by Gasteiger charge is -2.22. The summed E-state index contributed by atoms with van der Waals surface area (Å²) in [5.74, 6) is -0.0221. The molecule has 1 aliphatic heterocycles. The molecule has 1 N–H and O–H groups in total. The van der Waals surface area contributed by atoms with E-state index in [0.29, 0.717) is 18.7 Å². The van der Waals surface area contributed by atoms with E-state index >= 15 is 0 Å². The molecular formula is C26H28N2O2. The number of hydrogen-bond donors (Lipinski definition) is 1. The lowest BCUT2D eigenvalue weighted by Crippen LogP contribution is -2.35. The van der Waals surface area contributed by atoms with Crippen molar-refractivity contribution in [2.75, 3.05) is 26.2 Å². The maximum Gasteiger partial charge on any atom is 0.257 e. The van der Waals surface area contributed by atoms with E-state index in [-0.39, 0.29) is 11.7 Å². The number of carbonyl (C=O) groups excluding carboxylic acids is 1. The Morgan fingerprint density at radius 2 is 1.47 bits per heavy atom. The van der Waals surface area contributed by atoms with Crippen LogP contribution >= 0.6 is 0 Å². The predicted octanol–water partition coefficient (Wildman–Crippen LogP) is 4.33. The average molecular weight is 401 g/mol. The molecule has 0 bridgehead atoms. The third-order valence-corrected chi connectivity index (χ3v) is 5.67. The Morgan fingerprint density at radius 1 is 0.767 bits per heavy atom. The minimum Gasteiger partial charge on any atom is -0.507 e. The molecule has 0 spiro atoms. The molecule has 0 aromatic heterocycles. The van der Waals surface area contributed by atoms with Crippen LogP contribution in [0.3, 0.4) is 0 Å². The summed E-state index contributed by atoms with van der Waals surface area (Å²) in [7, 11) is 0. The number of rotatable bonds is 5. The highest BCUT2D eigenvalue weighted by Gasteiger charge is 2.22. The lowest BCUT2D eigenvalue weighted by atomic mass is 10.0. The molecular weight excluding hydrogens is 372 g/mol. The number of phenols is 1. The van der Waals surface area contributed by atoms with Crippen molar-refractivity contribution >= 4 is 5.91 Å². The van der Waals surface area contributed by atoms with E-state index in [9.17, 15) is 9.90 Å². The molecule has 0 unspecified atom stereocenters. The molecule has 0 saturated carbocycles. The predicted molar refractivity (Wildman–Crippen MR) is 120 cm³/mol. The van der Waals surface area contributed by atoms with Crippen molar-refractivity contribution in [3.05, 3.63) is 101 Å². The second-order valence-corrected chi connectivity index (χ2v) is 7.92. The Kier molecular flexibility index (Phi) is 6.45. The molecule has 1 saturated heterocycles. The highest BCUT2D eigenvalue weighted by molar-refractivity contribution is 5.97. The van der Waals surface area contributed by atoms with Crippen LogP contribution < -0.4 is 0 Å². The Morgan fingerprint density at radius 3 is 2.20 bits per heavy atom. The summed E-state index contributed by atoms with van der Waals surface area (Å²) in [5.41, 5.74) is 3.92. The Hall–Kier alpha value is -3.11. The summed E-state index contributed by atoms with van der Waals surface area (Å²) < 4.78 is 0. The van der Waals surface area contributed by atoms with Gasteiger partial charge in [0.2, 0.25) is 0 Å². The first-order chi connectivity index (χ1) is 14.7. The molecule has 0 atom stereocenters. The van der Waals surface area contributed by atoms with Crippen molar-refractivity contribution in [1.82, 2.24) is 9.80 Å². The maximum absolute atomic E-state index is 13.2. The van der Waals surface area contributed by atoms with E-state index in [1.54, 1.807) is 6.07 Å². The third-order valence-electron chi connectivity index (χ3n) is 5.67. The van der Waals surface area contributed by atoms with Crippen LogP contribution in [0.15, 0.2) is 78.9 Å². The van der Waals surface area contributed by atoms with Gasteiger partial charge in [0.05, 0.1) is 5.56 Å². The van der Waals surface area contributed by atoms with E-state index in [2.05, 4.69) is 41.3 Å². The fourth-order valence-corrected chi connectivity index (χ4v) is 4.04. The first kappa shape index (κ1) is 20.2. The number of carbonyl (C=O) groups is 1. The van der Waals surface area contributed by atoms with Crippen molar-refractivity contribution in [2.24, 2.45) is 0 Å². The smallest absolute Gasteiger partial charge is 0.257 e. The van der Waals surface area contributed by atoms with Gasteiger partial charge in [-0.25, -0.2) is 0 Å². The zero-order chi connectivity index (χ0) is 20.8. The molecule has 4 nitrogen and oxygen atoms in total. The fraction of sp³-hybridized carbons (Fsp3) is 0.269. The quantitative estimate of drug-likeness (QED) is 0.693. The minimum absolute atomic E-state index is 0.0576. The number of amides is 1. The standard InChI is InChI=1S/C26H28N2O2/c29-25-13-12-23(18-21-8-3-1-4-9-21)19-24(25)26(30)28-15-7-14-27(16-17-28)20-22-10-5-2-6-11-22/h1-6,8-13,19,29H,7,14-18,20H2. The van der Waals surface area contributed by atoms with Crippen molar-refractivity contribution in [3.8, 4) is 5.75 Å². The van der Waals surface area contributed by atoms with Gasteiger partial charge in [-0.2, -0.15) is 0 Å². The van der Waals surface area contributed by atoms with Crippen molar-refractivity contribution in [1.29, 1.82) is 0 Å². The molecule has 154 valence electrons. The van der Waals surface area contributed by atoms with Crippen LogP contribution in [0, 0.1) is 0 Å². The number of phenolic OH excluding ortho intramolecular Hbond substituents is 1. The highest BCUT2D eigenvalue weighted by Crippen LogP contribution is 2.23. The van der Waals surface area contributed by atoms with E-state index in [1.165, 1.54) is 11.1 Å². The second kappa shape index (κ2) is 9.59. The van der Waals surface area contributed by atoms with Crippen molar-refractivity contribution < 1.29 is 9.90 Å². The monoisotopic (exact) mass is 400 g/mol. The summed E-state index contributed by atoms with van der Waals surface area (Å²) in [5, 5.41) is 10.4. The highest BCUT2D eigenvalue weighted by atomic mass is 16.3. The number of hydrogen-bond acceptors (Lipinski definition) is 3. The lowest BCUT2D eigenvalue weighted by molar-refractivity contribution is 0.0758. The van der Waals surface area contributed by atoms with Crippen LogP contribution in [0.25, 0.3) is 0 Å². The molecule has 3 aromatic rings. The number of benzene rings is 3. The van der Waals surface area contributed by atoms with Crippen LogP contribution in [0.5, 0.6) is 5.75 Å². The van der Waals surface area contributed by atoms with Crippen LogP contribution in [0.4, 0.5) is 0 Å². The van der Waals surface area contributed by atoms with Gasteiger partial charge in [0.1, 0.15) is 5.75 Å². The Bertz CT molecular complexity index is 973. The van der Waals surface area contributed by atoms with E-state index in [4.69, 9.17) is 0 Å². The van der Waals surface area contributed by atoms with Gasteiger partial charge in [-0.15, -0.1) is 0 Å². The zero-order valence-electron chi connectivity index (χ0n) is 17.2. The first-order valence-corrected chi connectivity index (χ1v) is 10.6. The normalized spacial score (nSPS) is 15.0. The van der Waals surface area contributed by atoms with E-state index in [0.717, 1.165) is 38.0 Å². The molecule has 30 heavy (non-hydrogen) atoms.